The molecule has 1 aromatic rings. The highest BCUT2D eigenvalue weighted by atomic mass is 79.9. The van der Waals surface area contributed by atoms with Gasteiger partial charge >= 0.3 is 0 Å². The van der Waals surface area contributed by atoms with Gasteiger partial charge < -0.3 is 10.6 Å². The van der Waals surface area contributed by atoms with Crippen LogP contribution in [0.1, 0.15) is 39.0 Å². The molecule has 1 saturated heterocycles. The highest BCUT2D eigenvalue weighted by Gasteiger charge is 2.24. The maximum atomic E-state index is 13.4. The first-order valence-electron chi connectivity index (χ1n) is 6.64. The molecule has 0 aliphatic carbocycles. The number of hydrogen-bond acceptors (Lipinski definition) is 2. The fraction of sp³-hybridized carbons (Fsp3) is 0.571. The number of piperidine rings is 1. The van der Waals surface area contributed by atoms with Crippen LogP contribution in [0.3, 0.4) is 0 Å². The van der Waals surface area contributed by atoms with Gasteiger partial charge in [-0.3, -0.25) is 0 Å². The average Bonchev–Trinajstić information content (AvgIpc) is 2.35. The van der Waals surface area contributed by atoms with E-state index in [-0.39, 0.29) is 5.82 Å². The number of nitrogens with two attached hydrogens (primary N) is 1. The van der Waals surface area contributed by atoms with Crippen molar-refractivity contribution in [1.82, 2.24) is 0 Å². The van der Waals surface area contributed by atoms with E-state index in [1.54, 1.807) is 0 Å². The quantitative estimate of drug-likeness (QED) is 0.841. The Morgan fingerprint density at radius 2 is 2.22 bits per heavy atom. The topological polar surface area (TPSA) is 29.3 Å². The summed E-state index contributed by atoms with van der Waals surface area (Å²) in [5.74, 6) is -0.291. The van der Waals surface area contributed by atoms with Gasteiger partial charge in [-0.1, -0.05) is 13.3 Å². The molecule has 2 N–H and O–H groups in total. The molecule has 18 heavy (non-hydrogen) atoms. The Kier molecular flexibility index (Phi) is 4.49. The summed E-state index contributed by atoms with van der Waals surface area (Å²) in [6.07, 6.45) is 6.03. The molecule has 1 aliphatic rings. The molecule has 1 aromatic carbocycles. The normalized spacial score (nSPS) is 20.2. The second-order valence-electron chi connectivity index (χ2n) is 4.96. The maximum absolute atomic E-state index is 13.4. The van der Waals surface area contributed by atoms with Crippen molar-refractivity contribution < 1.29 is 4.39 Å². The third kappa shape index (κ3) is 2.79. The van der Waals surface area contributed by atoms with Crippen LogP contribution >= 0.6 is 15.9 Å². The van der Waals surface area contributed by atoms with Crippen LogP contribution in [-0.4, -0.2) is 12.6 Å². The van der Waals surface area contributed by atoms with Gasteiger partial charge in [0.15, 0.2) is 0 Å². The minimum atomic E-state index is -0.291. The molecule has 100 valence electrons. The van der Waals surface area contributed by atoms with Gasteiger partial charge in [0.05, 0.1) is 15.8 Å². The number of nitrogen functional groups attached to an aromatic ring is 1. The van der Waals surface area contributed by atoms with Crippen molar-refractivity contribution in [2.75, 3.05) is 17.2 Å². The van der Waals surface area contributed by atoms with Gasteiger partial charge in [-0.05, 0) is 47.7 Å². The van der Waals surface area contributed by atoms with Crippen LogP contribution in [0.2, 0.25) is 0 Å². The highest BCUT2D eigenvalue weighted by molar-refractivity contribution is 9.10. The van der Waals surface area contributed by atoms with Gasteiger partial charge in [0, 0.05) is 18.7 Å². The molecule has 0 amide bonds. The summed E-state index contributed by atoms with van der Waals surface area (Å²) >= 11 is 3.25. The van der Waals surface area contributed by atoms with Crippen molar-refractivity contribution in [2.45, 2.75) is 45.1 Å². The zero-order valence-corrected chi connectivity index (χ0v) is 12.3. The summed E-state index contributed by atoms with van der Waals surface area (Å²) in [5.41, 5.74) is 7.49. The Morgan fingerprint density at radius 3 is 2.94 bits per heavy atom. The van der Waals surface area contributed by atoms with E-state index < -0.39 is 0 Å². The molecule has 0 saturated carbocycles. The first-order valence-corrected chi connectivity index (χ1v) is 7.44. The Labute approximate surface area is 116 Å². The van der Waals surface area contributed by atoms with Crippen molar-refractivity contribution in [3.05, 3.63) is 22.4 Å². The van der Waals surface area contributed by atoms with Crippen LogP contribution in [0, 0.1) is 5.82 Å². The van der Waals surface area contributed by atoms with Gasteiger partial charge in [-0.25, -0.2) is 4.39 Å². The summed E-state index contributed by atoms with van der Waals surface area (Å²) < 4.78 is 13.9. The number of halogens is 2. The molecule has 4 heteroatoms. The molecule has 0 aromatic heterocycles. The molecular weight excluding hydrogens is 295 g/mol. The fourth-order valence-corrected chi connectivity index (χ4v) is 3.08. The third-order valence-electron chi connectivity index (χ3n) is 3.63. The minimum absolute atomic E-state index is 0.291. The SMILES string of the molecule is CCCC1CCCCN1c1cc(Br)c(F)cc1N. The Balaban J connectivity index is 2.30. The molecular formula is C14H20BrFN2. The maximum Gasteiger partial charge on any atom is 0.139 e. The highest BCUT2D eigenvalue weighted by Crippen LogP contribution is 2.34. The largest absolute Gasteiger partial charge is 0.397 e. The monoisotopic (exact) mass is 314 g/mol. The van der Waals surface area contributed by atoms with Crippen molar-refractivity contribution in [2.24, 2.45) is 0 Å². The number of benzene rings is 1. The Bertz CT molecular complexity index is 421. The number of nitrogens with zero attached hydrogens (tertiary/aromatic N) is 1. The Morgan fingerprint density at radius 1 is 1.44 bits per heavy atom. The van der Waals surface area contributed by atoms with E-state index >= 15 is 0 Å². The van der Waals surface area contributed by atoms with E-state index in [1.165, 1.54) is 38.2 Å². The molecule has 0 radical (unpaired) electrons. The molecule has 1 fully saturated rings. The third-order valence-corrected chi connectivity index (χ3v) is 4.24. The van der Waals surface area contributed by atoms with Crippen LogP contribution in [0.4, 0.5) is 15.8 Å². The fourth-order valence-electron chi connectivity index (χ4n) is 2.75. The van der Waals surface area contributed by atoms with Gasteiger partial charge in [0.1, 0.15) is 5.82 Å². The molecule has 1 aliphatic heterocycles. The van der Waals surface area contributed by atoms with Crippen molar-refractivity contribution in [3.8, 4) is 0 Å². The second-order valence-corrected chi connectivity index (χ2v) is 5.81. The van der Waals surface area contributed by atoms with E-state index in [4.69, 9.17) is 5.73 Å². The predicted octanol–water partition coefficient (Wildman–Crippen LogP) is 4.33. The lowest BCUT2D eigenvalue weighted by molar-refractivity contribution is 0.435. The summed E-state index contributed by atoms with van der Waals surface area (Å²) in [4.78, 5) is 2.35. The van der Waals surface area contributed by atoms with E-state index in [0.717, 1.165) is 12.2 Å². The van der Waals surface area contributed by atoms with Crippen molar-refractivity contribution in [3.63, 3.8) is 0 Å². The summed E-state index contributed by atoms with van der Waals surface area (Å²) in [5, 5.41) is 0. The van der Waals surface area contributed by atoms with Crippen LogP contribution in [0.5, 0.6) is 0 Å². The van der Waals surface area contributed by atoms with Gasteiger partial charge in [0.2, 0.25) is 0 Å². The average molecular weight is 315 g/mol. The smallest absolute Gasteiger partial charge is 0.139 e. The summed E-state index contributed by atoms with van der Waals surface area (Å²) in [6, 6.07) is 3.78. The molecule has 0 bridgehead atoms. The summed E-state index contributed by atoms with van der Waals surface area (Å²) in [7, 11) is 0. The van der Waals surface area contributed by atoms with Crippen molar-refractivity contribution in [1.29, 1.82) is 0 Å². The lowest BCUT2D eigenvalue weighted by Gasteiger charge is -2.38. The lowest BCUT2D eigenvalue weighted by Crippen LogP contribution is -2.39. The standard InChI is InChI=1S/C14H20BrFN2/c1-2-5-10-6-3-4-7-18(10)14-8-11(15)12(16)9-13(14)17/h8-10H,2-7,17H2,1H3. The van der Waals surface area contributed by atoms with Crippen LogP contribution in [0.15, 0.2) is 16.6 Å². The molecule has 1 unspecified atom stereocenters. The van der Waals surface area contributed by atoms with Crippen LogP contribution < -0.4 is 10.6 Å². The molecule has 1 atom stereocenters. The van der Waals surface area contributed by atoms with E-state index in [1.807, 2.05) is 6.07 Å². The van der Waals surface area contributed by atoms with Crippen molar-refractivity contribution >= 4 is 27.3 Å². The molecule has 0 spiro atoms. The molecule has 2 rings (SSSR count). The summed E-state index contributed by atoms with van der Waals surface area (Å²) in [6.45, 7) is 3.23. The van der Waals surface area contributed by atoms with Crippen LogP contribution in [-0.2, 0) is 0 Å². The number of hydrogen-bond donors (Lipinski definition) is 1. The second kappa shape index (κ2) is 5.91. The predicted molar refractivity (Wildman–Crippen MR) is 78.4 cm³/mol. The Hall–Kier alpha value is -0.770. The van der Waals surface area contributed by atoms with E-state index in [2.05, 4.69) is 27.8 Å². The number of rotatable bonds is 3. The van der Waals surface area contributed by atoms with E-state index in [0.29, 0.717) is 16.2 Å². The number of anilines is 2. The zero-order valence-electron chi connectivity index (χ0n) is 10.8. The van der Waals surface area contributed by atoms with Gasteiger partial charge in [-0.2, -0.15) is 0 Å². The van der Waals surface area contributed by atoms with E-state index in [9.17, 15) is 4.39 Å². The molecule has 1 heterocycles. The first-order chi connectivity index (χ1) is 8.63. The minimum Gasteiger partial charge on any atom is -0.397 e. The van der Waals surface area contributed by atoms with Crippen LogP contribution in [0.25, 0.3) is 0 Å². The first kappa shape index (κ1) is 13.7. The lowest BCUT2D eigenvalue weighted by atomic mass is 9.97. The molecule has 2 nitrogen and oxygen atoms in total. The van der Waals surface area contributed by atoms with Gasteiger partial charge in [0.25, 0.3) is 0 Å². The zero-order chi connectivity index (χ0) is 13.1. The van der Waals surface area contributed by atoms with Gasteiger partial charge in [-0.15, -0.1) is 0 Å².